The minimum Gasteiger partial charge on any atom is -0.459 e. The molecule has 1 amide bonds. The van der Waals surface area contributed by atoms with Crippen LogP contribution in [0, 0.1) is 6.57 Å². The van der Waals surface area contributed by atoms with E-state index < -0.39 is 0 Å². The van der Waals surface area contributed by atoms with E-state index in [0.29, 0.717) is 38.1 Å². The number of nitrogens with two attached hydrogens (primary N) is 1. The first-order valence-electron chi connectivity index (χ1n) is 14.4. The first-order valence-corrected chi connectivity index (χ1v) is 14.4. The number of carbonyl (C=O) groups excluding carboxylic acids is 1. The Balaban J connectivity index is 0.000000288. The first-order chi connectivity index (χ1) is 20.4. The third-order valence-electron chi connectivity index (χ3n) is 7.68. The van der Waals surface area contributed by atoms with Crippen LogP contribution in [0.25, 0.3) is 15.6 Å². The lowest BCUT2D eigenvalue weighted by Crippen LogP contribution is -2.43. The molecule has 1 saturated heterocycles. The first kappa shape index (κ1) is 30.8. The van der Waals surface area contributed by atoms with E-state index in [2.05, 4.69) is 68.7 Å². The Kier molecular flexibility index (Phi) is 10.7. The van der Waals surface area contributed by atoms with Gasteiger partial charge in [-0.3, -0.25) is 9.69 Å². The van der Waals surface area contributed by atoms with Crippen LogP contribution in [0.3, 0.4) is 0 Å². The van der Waals surface area contributed by atoms with Crippen molar-refractivity contribution in [3.05, 3.63) is 77.8 Å². The topological polar surface area (TPSA) is 101 Å². The van der Waals surface area contributed by atoms with Gasteiger partial charge in [0.15, 0.2) is 0 Å². The second-order valence-corrected chi connectivity index (χ2v) is 10.5. The van der Waals surface area contributed by atoms with E-state index in [0.717, 1.165) is 43.8 Å². The van der Waals surface area contributed by atoms with E-state index in [9.17, 15) is 4.79 Å². The molecule has 3 aromatic rings. The number of anilines is 2. The van der Waals surface area contributed by atoms with Crippen LogP contribution in [0.5, 0.6) is 6.01 Å². The summed E-state index contributed by atoms with van der Waals surface area (Å²) in [7, 11) is 2.04. The summed E-state index contributed by atoms with van der Waals surface area (Å²) >= 11 is 0. The average molecular weight is 572 g/mol. The molecule has 3 heterocycles. The Morgan fingerprint density at radius 1 is 1.29 bits per heavy atom. The maximum atomic E-state index is 11.2. The molecule has 1 fully saturated rings. The molecule has 2 aliphatic heterocycles. The highest BCUT2D eigenvalue weighted by molar-refractivity contribution is 5.94. The van der Waals surface area contributed by atoms with Crippen molar-refractivity contribution in [2.75, 3.05) is 57.1 Å². The van der Waals surface area contributed by atoms with E-state index in [-0.39, 0.29) is 18.2 Å². The van der Waals surface area contributed by atoms with Gasteiger partial charge in [0.1, 0.15) is 24.7 Å². The molecule has 42 heavy (non-hydrogen) atoms. The van der Waals surface area contributed by atoms with Gasteiger partial charge in [0.05, 0.1) is 18.8 Å². The van der Waals surface area contributed by atoms with E-state index >= 15 is 0 Å². The number of benzene rings is 2. The number of amides is 1. The smallest absolute Gasteiger partial charge is 0.318 e. The summed E-state index contributed by atoms with van der Waals surface area (Å²) in [5.41, 5.74) is 9.45. The number of rotatable bonds is 8. The number of carbonyl (C=O) groups is 1. The summed E-state index contributed by atoms with van der Waals surface area (Å²) in [4.78, 5) is 29.6. The molecule has 0 aliphatic carbocycles. The summed E-state index contributed by atoms with van der Waals surface area (Å²) in [5, 5.41) is 2.49. The number of nitrogen functional groups attached to an aromatic ring is 1. The summed E-state index contributed by atoms with van der Waals surface area (Å²) in [6.07, 6.45) is 3.06. The molecule has 222 valence electrons. The summed E-state index contributed by atoms with van der Waals surface area (Å²) in [6.45, 7) is 18.5. The molecule has 5 rings (SSSR count). The fourth-order valence-electron chi connectivity index (χ4n) is 5.35. The summed E-state index contributed by atoms with van der Waals surface area (Å²) in [5.74, 6) is 0.416. The molecular weight excluding hydrogens is 530 g/mol. The van der Waals surface area contributed by atoms with Gasteiger partial charge in [-0.15, -0.1) is 0 Å². The van der Waals surface area contributed by atoms with Crippen molar-refractivity contribution in [2.24, 2.45) is 0 Å². The maximum Gasteiger partial charge on any atom is 0.318 e. The Morgan fingerprint density at radius 3 is 2.81 bits per heavy atom. The van der Waals surface area contributed by atoms with Crippen LogP contribution in [0.2, 0.25) is 0 Å². The van der Waals surface area contributed by atoms with Gasteiger partial charge in [-0.2, -0.15) is 9.97 Å². The standard InChI is InChI=1S/C23H27N5O2.C9H14N2O/c1-27-11-5-13-29-21(27)15-30-23-25-19-14-28(12-10-18(19)22(24)26-23)20-9-4-7-16-6-2-3-8-17(16)20;1-5-9(12)11(6-2)8(3)7-10-4/h2-4,6-9,21H,5,10-15H2,1H3,(H2,24,25,26);5,8H,1,6-7H2,2-3H3/t21-;/m0./s1. The Bertz CT molecular complexity index is 1420. The molecule has 2 atom stereocenters. The normalized spacial score (nSPS) is 17.3. The van der Waals surface area contributed by atoms with Crippen LogP contribution >= 0.6 is 0 Å². The largest absolute Gasteiger partial charge is 0.459 e. The number of hydrogen-bond acceptors (Lipinski definition) is 8. The van der Waals surface area contributed by atoms with Crippen LogP contribution in [0.1, 0.15) is 31.5 Å². The van der Waals surface area contributed by atoms with Crippen molar-refractivity contribution in [2.45, 2.75) is 45.5 Å². The fourth-order valence-corrected chi connectivity index (χ4v) is 5.35. The quantitative estimate of drug-likeness (QED) is 0.318. The maximum absolute atomic E-state index is 11.2. The highest BCUT2D eigenvalue weighted by atomic mass is 16.6. The second kappa shape index (κ2) is 14.6. The van der Waals surface area contributed by atoms with Crippen LogP contribution in [0.15, 0.2) is 55.1 Å². The number of hydrogen-bond donors (Lipinski definition) is 1. The van der Waals surface area contributed by atoms with Crippen molar-refractivity contribution < 1.29 is 14.3 Å². The average Bonchev–Trinajstić information content (AvgIpc) is 3.01. The zero-order chi connectivity index (χ0) is 30.1. The lowest BCUT2D eigenvalue weighted by molar-refractivity contribution is -0.127. The van der Waals surface area contributed by atoms with Gasteiger partial charge in [-0.05, 0) is 51.3 Å². The van der Waals surface area contributed by atoms with Gasteiger partial charge in [-0.25, -0.2) is 6.57 Å². The molecular formula is C32H41N7O3. The van der Waals surface area contributed by atoms with Crippen LogP contribution in [0.4, 0.5) is 11.5 Å². The number of nitrogens with zero attached hydrogens (tertiary/aromatic N) is 6. The molecule has 2 aromatic carbocycles. The van der Waals surface area contributed by atoms with Crippen molar-refractivity contribution in [1.82, 2.24) is 19.8 Å². The molecule has 2 N–H and O–H groups in total. The van der Waals surface area contributed by atoms with Gasteiger partial charge in [0, 0.05) is 36.3 Å². The number of aromatic nitrogens is 2. The van der Waals surface area contributed by atoms with E-state index in [4.69, 9.17) is 26.8 Å². The van der Waals surface area contributed by atoms with Crippen LogP contribution in [-0.4, -0.2) is 84.4 Å². The van der Waals surface area contributed by atoms with E-state index in [1.807, 2.05) is 20.9 Å². The monoisotopic (exact) mass is 571 g/mol. The molecule has 10 nitrogen and oxygen atoms in total. The SMILES string of the molecule is CN1CCCO[C@H]1COc1nc(N)c2c(n1)CN(c1cccc3ccccc13)CC2.[C-]#[N+]CC(C)N(CC)C(=O)C=C. The predicted molar refractivity (Wildman–Crippen MR) is 166 cm³/mol. The highest BCUT2D eigenvalue weighted by Gasteiger charge is 2.25. The molecule has 1 aromatic heterocycles. The number of ether oxygens (including phenoxy) is 2. The molecule has 2 aliphatic rings. The number of likely N-dealkylation sites (N-methyl/N-ethyl adjacent to an activating group) is 2. The minimum absolute atomic E-state index is 0.0157. The van der Waals surface area contributed by atoms with E-state index in [1.54, 1.807) is 4.90 Å². The van der Waals surface area contributed by atoms with E-state index in [1.165, 1.54) is 22.5 Å². The van der Waals surface area contributed by atoms with Crippen molar-refractivity contribution in [1.29, 1.82) is 0 Å². The fraction of sp³-hybridized carbons (Fsp3) is 0.438. The van der Waals surface area contributed by atoms with Gasteiger partial charge >= 0.3 is 6.01 Å². The molecule has 0 saturated carbocycles. The Hall–Kier alpha value is -4.20. The van der Waals surface area contributed by atoms with Crippen molar-refractivity contribution in [3.8, 4) is 6.01 Å². The van der Waals surface area contributed by atoms with Gasteiger partial charge in [0.2, 0.25) is 12.5 Å². The Labute approximate surface area is 248 Å². The van der Waals surface area contributed by atoms with Gasteiger partial charge in [0.25, 0.3) is 0 Å². The third kappa shape index (κ3) is 7.35. The lowest BCUT2D eigenvalue weighted by Gasteiger charge is -2.32. The molecule has 0 bridgehead atoms. The molecule has 1 unspecified atom stereocenters. The lowest BCUT2D eigenvalue weighted by atomic mass is 10.0. The van der Waals surface area contributed by atoms with Crippen LogP contribution < -0.4 is 15.4 Å². The zero-order valence-corrected chi connectivity index (χ0v) is 24.8. The minimum atomic E-state index is -0.103. The highest BCUT2D eigenvalue weighted by Crippen LogP contribution is 2.32. The number of fused-ring (bicyclic) bond motifs is 2. The van der Waals surface area contributed by atoms with Crippen molar-refractivity contribution >= 4 is 28.2 Å². The zero-order valence-electron chi connectivity index (χ0n) is 24.8. The molecule has 10 heteroatoms. The molecule has 0 radical (unpaired) electrons. The molecule has 0 spiro atoms. The predicted octanol–water partition coefficient (Wildman–Crippen LogP) is 4.16. The summed E-state index contributed by atoms with van der Waals surface area (Å²) < 4.78 is 11.7. The Morgan fingerprint density at radius 2 is 2.07 bits per heavy atom. The summed E-state index contributed by atoms with van der Waals surface area (Å²) in [6, 6.07) is 15.2. The van der Waals surface area contributed by atoms with Crippen molar-refractivity contribution in [3.63, 3.8) is 0 Å². The van der Waals surface area contributed by atoms with Gasteiger partial charge in [-0.1, -0.05) is 43.0 Å². The second-order valence-electron chi connectivity index (χ2n) is 10.5. The van der Waals surface area contributed by atoms with Gasteiger partial charge < -0.3 is 29.9 Å². The third-order valence-corrected chi connectivity index (χ3v) is 7.68. The van der Waals surface area contributed by atoms with Crippen LogP contribution in [-0.2, 0) is 22.5 Å².